The van der Waals surface area contributed by atoms with Crippen LogP contribution in [0.3, 0.4) is 0 Å². The molecule has 0 aromatic heterocycles. The molecule has 0 amide bonds. The summed E-state index contributed by atoms with van der Waals surface area (Å²) in [5.74, 6) is 4.37. The zero-order chi connectivity index (χ0) is 13.0. The topological polar surface area (TPSA) is 29.3 Å². The Bertz CT molecular complexity index is 241. The predicted molar refractivity (Wildman–Crippen MR) is 82.1 cm³/mol. The van der Waals surface area contributed by atoms with E-state index in [0.717, 1.165) is 17.9 Å². The van der Waals surface area contributed by atoms with Crippen molar-refractivity contribution < 1.29 is 0 Å². The van der Waals surface area contributed by atoms with Crippen molar-refractivity contribution in [3.05, 3.63) is 0 Å². The molecule has 1 saturated carbocycles. The van der Waals surface area contributed by atoms with Gasteiger partial charge in [0.2, 0.25) is 0 Å². The molecule has 2 N–H and O–H groups in total. The highest BCUT2D eigenvalue weighted by molar-refractivity contribution is 7.99. The van der Waals surface area contributed by atoms with Crippen LogP contribution in [-0.2, 0) is 0 Å². The van der Waals surface area contributed by atoms with Crippen LogP contribution in [0.15, 0.2) is 0 Å². The molecular weight excluding hydrogens is 240 g/mol. The molecule has 1 saturated heterocycles. The lowest BCUT2D eigenvalue weighted by Crippen LogP contribution is -2.45. The third-order valence-corrected chi connectivity index (χ3v) is 6.04. The van der Waals surface area contributed by atoms with Crippen LogP contribution in [0.4, 0.5) is 0 Å². The third kappa shape index (κ3) is 3.88. The molecule has 106 valence electrons. The average Bonchev–Trinajstić information content (AvgIpc) is 2.87. The minimum atomic E-state index is 0.453. The Morgan fingerprint density at radius 3 is 2.78 bits per heavy atom. The molecule has 0 spiro atoms. The van der Waals surface area contributed by atoms with E-state index < -0.39 is 0 Å². The fraction of sp³-hybridized carbons (Fsp3) is 1.00. The maximum absolute atomic E-state index is 6.35. The summed E-state index contributed by atoms with van der Waals surface area (Å²) in [7, 11) is 2.31. The third-order valence-electron chi connectivity index (χ3n) is 4.90. The molecular formula is C15H30N2S. The average molecular weight is 270 g/mol. The summed E-state index contributed by atoms with van der Waals surface area (Å²) in [4.78, 5) is 2.60. The molecule has 18 heavy (non-hydrogen) atoms. The zero-order valence-corrected chi connectivity index (χ0v) is 12.9. The summed E-state index contributed by atoms with van der Waals surface area (Å²) >= 11 is 2.11. The smallest absolute Gasteiger partial charge is 0.0191 e. The van der Waals surface area contributed by atoms with Gasteiger partial charge in [0.1, 0.15) is 0 Å². The van der Waals surface area contributed by atoms with Crippen LogP contribution >= 0.6 is 11.8 Å². The molecule has 2 rings (SSSR count). The second kappa shape index (κ2) is 7.16. The van der Waals surface area contributed by atoms with E-state index in [1.807, 2.05) is 0 Å². The van der Waals surface area contributed by atoms with Crippen molar-refractivity contribution in [2.45, 2.75) is 57.5 Å². The van der Waals surface area contributed by atoms with Crippen LogP contribution in [0.1, 0.15) is 45.4 Å². The maximum atomic E-state index is 6.35. The fourth-order valence-electron chi connectivity index (χ4n) is 3.65. The Morgan fingerprint density at radius 1 is 1.28 bits per heavy atom. The van der Waals surface area contributed by atoms with Crippen molar-refractivity contribution in [1.29, 1.82) is 0 Å². The van der Waals surface area contributed by atoms with E-state index in [1.165, 1.54) is 56.6 Å². The van der Waals surface area contributed by atoms with Gasteiger partial charge in [0, 0.05) is 24.4 Å². The van der Waals surface area contributed by atoms with Crippen LogP contribution in [0, 0.1) is 11.8 Å². The normalized spacial score (nSPS) is 37.3. The van der Waals surface area contributed by atoms with Gasteiger partial charge in [0.25, 0.3) is 0 Å². The first-order valence-electron chi connectivity index (χ1n) is 7.74. The molecule has 0 radical (unpaired) electrons. The van der Waals surface area contributed by atoms with Crippen LogP contribution < -0.4 is 5.73 Å². The van der Waals surface area contributed by atoms with Crippen LogP contribution in [0.25, 0.3) is 0 Å². The van der Waals surface area contributed by atoms with Gasteiger partial charge in [-0.3, -0.25) is 0 Å². The van der Waals surface area contributed by atoms with Gasteiger partial charge in [-0.2, -0.15) is 11.8 Å². The van der Waals surface area contributed by atoms with E-state index >= 15 is 0 Å². The molecule has 1 aliphatic heterocycles. The molecule has 3 heteroatoms. The van der Waals surface area contributed by atoms with Crippen LogP contribution in [0.5, 0.6) is 0 Å². The Morgan fingerprint density at radius 2 is 2.11 bits per heavy atom. The van der Waals surface area contributed by atoms with Gasteiger partial charge < -0.3 is 10.6 Å². The van der Waals surface area contributed by atoms with Gasteiger partial charge in [-0.1, -0.05) is 19.8 Å². The van der Waals surface area contributed by atoms with E-state index in [4.69, 9.17) is 5.73 Å². The fourth-order valence-corrected chi connectivity index (χ4v) is 4.95. The number of rotatable bonds is 5. The first-order valence-corrected chi connectivity index (χ1v) is 8.89. The lowest BCUT2D eigenvalue weighted by atomic mass is 9.76. The molecule has 0 aromatic rings. The van der Waals surface area contributed by atoms with Gasteiger partial charge in [-0.05, 0) is 50.3 Å². The summed E-state index contributed by atoms with van der Waals surface area (Å²) in [5, 5.41) is 0. The molecule has 1 heterocycles. The zero-order valence-electron chi connectivity index (χ0n) is 12.1. The number of nitrogens with zero attached hydrogens (tertiary/aromatic N) is 1. The molecule has 1 aliphatic carbocycles. The van der Waals surface area contributed by atoms with Gasteiger partial charge in [0.05, 0.1) is 0 Å². The molecule has 2 nitrogen and oxygen atoms in total. The Kier molecular flexibility index (Phi) is 5.84. The maximum Gasteiger partial charge on any atom is 0.0191 e. The minimum absolute atomic E-state index is 0.453. The highest BCUT2D eigenvalue weighted by Gasteiger charge is 2.30. The number of hydrogen-bond acceptors (Lipinski definition) is 3. The second-order valence-electron chi connectivity index (χ2n) is 6.35. The van der Waals surface area contributed by atoms with Crippen molar-refractivity contribution in [3.8, 4) is 0 Å². The summed E-state index contributed by atoms with van der Waals surface area (Å²) in [6, 6.07) is 1.27. The van der Waals surface area contributed by atoms with E-state index in [1.54, 1.807) is 0 Å². The lowest BCUT2D eigenvalue weighted by Gasteiger charge is -2.37. The number of hydrogen-bond donors (Lipinski definition) is 1. The standard InChI is InChI=1S/C15H30N2S/c1-3-4-12-5-6-15(16)13(9-12)10-17(2)14-7-8-18-11-14/h12-15H,3-11,16H2,1-2H3. The van der Waals surface area contributed by atoms with Crippen molar-refractivity contribution >= 4 is 11.8 Å². The Hall–Kier alpha value is 0.270. The highest BCUT2D eigenvalue weighted by Crippen LogP contribution is 2.32. The van der Waals surface area contributed by atoms with Crippen LogP contribution in [0.2, 0.25) is 0 Å². The van der Waals surface area contributed by atoms with Gasteiger partial charge >= 0.3 is 0 Å². The molecule has 2 aliphatic rings. The molecule has 4 unspecified atom stereocenters. The predicted octanol–water partition coefficient (Wildman–Crippen LogP) is 2.97. The SMILES string of the molecule is CCCC1CCC(N)C(CN(C)C2CCSC2)C1. The molecule has 2 fully saturated rings. The van der Waals surface area contributed by atoms with Crippen molar-refractivity contribution in [1.82, 2.24) is 4.90 Å². The first kappa shape index (κ1) is 14.7. The summed E-state index contributed by atoms with van der Waals surface area (Å²) < 4.78 is 0. The number of nitrogens with two attached hydrogens (primary N) is 1. The van der Waals surface area contributed by atoms with E-state index in [0.29, 0.717) is 6.04 Å². The highest BCUT2D eigenvalue weighted by atomic mass is 32.2. The van der Waals surface area contributed by atoms with Crippen LogP contribution in [-0.4, -0.2) is 42.1 Å². The summed E-state index contributed by atoms with van der Waals surface area (Å²) in [6.07, 6.45) is 8.12. The van der Waals surface area contributed by atoms with Gasteiger partial charge in [0.15, 0.2) is 0 Å². The largest absolute Gasteiger partial charge is 0.327 e. The number of thioether (sulfide) groups is 1. The van der Waals surface area contributed by atoms with Crippen molar-refractivity contribution in [2.75, 3.05) is 25.1 Å². The quantitative estimate of drug-likeness (QED) is 0.833. The molecule has 0 aromatic carbocycles. The van der Waals surface area contributed by atoms with Gasteiger partial charge in [-0.15, -0.1) is 0 Å². The van der Waals surface area contributed by atoms with Crippen molar-refractivity contribution in [3.63, 3.8) is 0 Å². The summed E-state index contributed by atoms with van der Waals surface area (Å²) in [6.45, 7) is 3.54. The Balaban J connectivity index is 1.81. The van der Waals surface area contributed by atoms with E-state index in [-0.39, 0.29) is 0 Å². The molecule has 0 bridgehead atoms. The second-order valence-corrected chi connectivity index (χ2v) is 7.50. The monoisotopic (exact) mass is 270 g/mol. The Labute approximate surface area is 117 Å². The van der Waals surface area contributed by atoms with Gasteiger partial charge in [-0.25, -0.2) is 0 Å². The summed E-state index contributed by atoms with van der Waals surface area (Å²) in [5.41, 5.74) is 6.35. The lowest BCUT2D eigenvalue weighted by molar-refractivity contribution is 0.148. The van der Waals surface area contributed by atoms with Crippen molar-refractivity contribution in [2.24, 2.45) is 17.6 Å². The van der Waals surface area contributed by atoms with E-state index in [2.05, 4.69) is 30.6 Å². The van der Waals surface area contributed by atoms with E-state index in [9.17, 15) is 0 Å². The minimum Gasteiger partial charge on any atom is -0.327 e. The molecule has 4 atom stereocenters. The first-order chi connectivity index (χ1) is 8.70.